The summed E-state index contributed by atoms with van der Waals surface area (Å²) in [5.41, 5.74) is 4.21. The summed E-state index contributed by atoms with van der Waals surface area (Å²) < 4.78 is 25.1. The van der Waals surface area contributed by atoms with Gasteiger partial charge in [0.15, 0.2) is 11.5 Å². The van der Waals surface area contributed by atoms with Crippen LogP contribution in [-0.2, 0) is 22.6 Å². The van der Waals surface area contributed by atoms with Gasteiger partial charge < -0.3 is 19.7 Å². The van der Waals surface area contributed by atoms with Crippen LogP contribution in [0.2, 0.25) is 0 Å². The average Bonchev–Trinajstić information content (AvgIpc) is 3.20. The highest BCUT2D eigenvalue weighted by atomic mass is 32.1. The smallest absolute Gasteiger partial charge is 0.247 e. The zero-order valence-electron chi connectivity index (χ0n) is 21.6. The van der Waals surface area contributed by atoms with E-state index in [-0.39, 0.29) is 24.2 Å². The van der Waals surface area contributed by atoms with Crippen LogP contribution in [0.25, 0.3) is 6.08 Å². The Kier molecular flexibility index (Phi) is 9.48. The third-order valence-electron chi connectivity index (χ3n) is 6.45. The fraction of sp³-hybridized carbons (Fsp3) is 0.345. The predicted molar refractivity (Wildman–Crippen MR) is 146 cm³/mol. The molecule has 1 aliphatic rings. The lowest BCUT2D eigenvalue weighted by Crippen LogP contribution is -2.47. The number of nitrogens with one attached hydrogen (secondary N) is 1. The molecule has 1 atom stereocenters. The number of halogens is 1. The Labute approximate surface area is 226 Å². The summed E-state index contributed by atoms with van der Waals surface area (Å²) in [5.74, 6) is 0.290. The fourth-order valence-electron chi connectivity index (χ4n) is 4.38. The maximum Gasteiger partial charge on any atom is 0.247 e. The minimum Gasteiger partial charge on any atom is -0.493 e. The SMILES string of the molecule is COc1cc(CN(C(=O)/C=C/c2cccc(F)c2)[C@H]2CCCCNC2=O)ccc1OCCc1scnc1C. The topological polar surface area (TPSA) is 80.8 Å². The third-order valence-corrected chi connectivity index (χ3v) is 7.44. The van der Waals surface area contributed by atoms with E-state index in [0.717, 1.165) is 30.5 Å². The molecule has 1 aliphatic heterocycles. The van der Waals surface area contributed by atoms with E-state index in [9.17, 15) is 14.0 Å². The number of hydrogen-bond acceptors (Lipinski definition) is 6. The molecule has 4 rings (SSSR count). The Morgan fingerprint density at radius 3 is 2.87 bits per heavy atom. The van der Waals surface area contributed by atoms with Crippen LogP contribution in [-0.4, -0.2) is 48.0 Å². The lowest BCUT2D eigenvalue weighted by molar-refractivity contribution is -0.137. The molecule has 200 valence electrons. The monoisotopic (exact) mass is 537 g/mol. The molecule has 0 bridgehead atoms. The molecular formula is C29H32FN3O4S. The van der Waals surface area contributed by atoms with Crippen molar-refractivity contribution >= 4 is 29.2 Å². The molecule has 0 radical (unpaired) electrons. The van der Waals surface area contributed by atoms with Crippen molar-refractivity contribution in [2.75, 3.05) is 20.3 Å². The molecule has 3 aromatic rings. The van der Waals surface area contributed by atoms with Gasteiger partial charge in [0.1, 0.15) is 11.9 Å². The van der Waals surface area contributed by atoms with Crippen LogP contribution in [0, 0.1) is 12.7 Å². The maximum atomic E-state index is 13.6. The van der Waals surface area contributed by atoms with Crippen LogP contribution in [0.5, 0.6) is 11.5 Å². The number of carbonyl (C=O) groups is 2. The Hall–Kier alpha value is -3.72. The number of methoxy groups -OCH3 is 1. The molecule has 0 aliphatic carbocycles. The minimum atomic E-state index is -0.605. The Balaban J connectivity index is 1.51. The predicted octanol–water partition coefficient (Wildman–Crippen LogP) is 4.93. The van der Waals surface area contributed by atoms with Crippen molar-refractivity contribution < 1.29 is 23.5 Å². The molecule has 1 N–H and O–H groups in total. The number of nitrogens with zero attached hydrogens (tertiary/aromatic N) is 2. The first-order chi connectivity index (χ1) is 18.4. The van der Waals surface area contributed by atoms with Gasteiger partial charge in [-0.25, -0.2) is 9.37 Å². The average molecular weight is 538 g/mol. The van der Waals surface area contributed by atoms with Crippen molar-refractivity contribution in [2.24, 2.45) is 0 Å². The van der Waals surface area contributed by atoms with Gasteiger partial charge >= 0.3 is 0 Å². The quantitative estimate of drug-likeness (QED) is 0.371. The molecule has 1 aromatic heterocycles. The second-order valence-corrected chi connectivity index (χ2v) is 10.0. The highest BCUT2D eigenvalue weighted by Gasteiger charge is 2.30. The van der Waals surface area contributed by atoms with E-state index in [4.69, 9.17) is 9.47 Å². The molecule has 7 nitrogen and oxygen atoms in total. The van der Waals surface area contributed by atoms with Gasteiger partial charge in [0.05, 0.1) is 24.9 Å². The molecule has 0 spiro atoms. The van der Waals surface area contributed by atoms with E-state index < -0.39 is 6.04 Å². The summed E-state index contributed by atoms with van der Waals surface area (Å²) in [7, 11) is 1.57. The van der Waals surface area contributed by atoms with Crippen molar-refractivity contribution in [3.8, 4) is 11.5 Å². The molecule has 1 fully saturated rings. The van der Waals surface area contributed by atoms with Crippen molar-refractivity contribution in [3.63, 3.8) is 0 Å². The van der Waals surface area contributed by atoms with Crippen LogP contribution in [0.4, 0.5) is 4.39 Å². The number of benzene rings is 2. The standard InChI is InChI=1S/C29H32FN3O4S/c1-20-27(38-19-32-20)13-15-37-25-11-9-22(17-26(25)36-2)18-33(24-8-3-4-14-31-29(24)35)28(34)12-10-21-6-5-7-23(30)16-21/h5-7,9-12,16-17,19,24H,3-4,8,13-15,18H2,1-2H3,(H,31,35)/b12-10+/t24-/m0/s1. The van der Waals surface area contributed by atoms with E-state index in [1.165, 1.54) is 23.1 Å². The van der Waals surface area contributed by atoms with Crippen molar-refractivity contribution in [2.45, 2.75) is 45.2 Å². The molecule has 2 amide bonds. The summed E-state index contributed by atoms with van der Waals surface area (Å²) in [5, 5.41) is 2.91. The van der Waals surface area contributed by atoms with Crippen molar-refractivity contribution in [3.05, 3.63) is 81.6 Å². The van der Waals surface area contributed by atoms with Crippen LogP contribution in [0.1, 0.15) is 41.0 Å². The summed E-state index contributed by atoms with van der Waals surface area (Å²) in [4.78, 5) is 33.3. The minimum absolute atomic E-state index is 0.166. The molecule has 9 heteroatoms. The Morgan fingerprint density at radius 1 is 1.24 bits per heavy atom. The zero-order valence-corrected chi connectivity index (χ0v) is 22.4. The van der Waals surface area contributed by atoms with Gasteiger partial charge in [-0.05, 0) is 67.7 Å². The van der Waals surface area contributed by atoms with Gasteiger partial charge in [-0.3, -0.25) is 9.59 Å². The molecule has 0 unspecified atom stereocenters. The van der Waals surface area contributed by atoms with E-state index in [1.807, 2.05) is 30.6 Å². The van der Waals surface area contributed by atoms with Crippen LogP contribution in [0.3, 0.4) is 0 Å². The lowest BCUT2D eigenvalue weighted by atomic mass is 10.1. The molecule has 2 heterocycles. The molecule has 0 saturated carbocycles. The first-order valence-corrected chi connectivity index (χ1v) is 13.5. The van der Waals surface area contributed by atoms with Crippen molar-refractivity contribution in [1.82, 2.24) is 15.2 Å². The summed E-state index contributed by atoms with van der Waals surface area (Å²) >= 11 is 1.61. The first-order valence-electron chi connectivity index (χ1n) is 12.6. The van der Waals surface area contributed by atoms with Gasteiger partial charge in [-0.1, -0.05) is 18.2 Å². The van der Waals surface area contributed by atoms with Gasteiger partial charge in [-0.2, -0.15) is 0 Å². The number of hydrogen-bond donors (Lipinski definition) is 1. The number of rotatable bonds is 10. The van der Waals surface area contributed by atoms with Crippen LogP contribution in [0.15, 0.2) is 54.1 Å². The van der Waals surface area contributed by atoms with E-state index in [1.54, 1.807) is 41.6 Å². The lowest BCUT2D eigenvalue weighted by Gasteiger charge is -2.29. The van der Waals surface area contributed by atoms with Crippen LogP contribution >= 0.6 is 11.3 Å². The third kappa shape index (κ3) is 7.19. The Bertz CT molecular complexity index is 1290. The number of ether oxygens (including phenoxy) is 2. The van der Waals surface area contributed by atoms with E-state index in [2.05, 4.69) is 10.3 Å². The van der Waals surface area contributed by atoms with Gasteiger partial charge in [0.2, 0.25) is 11.8 Å². The zero-order chi connectivity index (χ0) is 26.9. The second-order valence-electron chi connectivity index (χ2n) is 9.10. The molecule has 2 aromatic carbocycles. The van der Waals surface area contributed by atoms with Gasteiger partial charge in [0.25, 0.3) is 0 Å². The van der Waals surface area contributed by atoms with E-state index >= 15 is 0 Å². The van der Waals surface area contributed by atoms with Gasteiger partial charge in [0, 0.05) is 30.5 Å². The van der Waals surface area contributed by atoms with Crippen molar-refractivity contribution in [1.29, 1.82) is 0 Å². The first kappa shape index (κ1) is 27.3. The highest BCUT2D eigenvalue weighted by Crippen LogP contribution is 2.30. The molecule has 38 heavy (non-hydrogen) atoms. The fourth-order valence-corrected chi connectivity index (χ4v) is 5.14. The summed E-state index contributed by atoms with van der Waals surface area (Å²) in [6.07, 6.45) is 5.97. The number of aromatic nitrogens is 1. The molecule has 1 saturated heterocycles. The van der Waals surface area contributed by atoms with Crippen LogP contribution < -0.4 is 14.8 Å². The number of aryl methyl sites for hydroxylation is 1. The van der Waals surface area contributed by atoms with E-state index in [0.29, 0.717) is 36.6 Å². The summed E-state index contributed by atoms with van der Waals surface area (Å²) in [6, 6.07) is 10.9. The maximum absolute atomic E-state index is 13.6. The normalized spacial score (nSPS) is 15.7. The second kappa shape index (κ2) is 13.2. The number of amides is 2. The largest absolute Gasteiger partial charge is 0.493 e. The number of thiazole rings is 1. The van der Waals surface area contributed by atoms with Gasteiger partial charge in [-0.15, -0.1) is 11.3 Å². The highest BCUT2D eigenvalue weighted by molar-refractivity contribution is 7.09. The Morgan fingerprint density at radius 2 is 2.11 bits per heavy atom. The number of carbonyl (C=O) groups excluding carboxylic acids is 2. The summed E-state index contributed by atoms with van der Waals surface area (Å²) in [6.45, 7) is 3.27. The molecular weight excluding hydrogens is 505 g/mol.